The molecule has 6 heteroatoms. The number of hydrogen-bond donors (Lipinski definition) is 0. The molecule has 0 radical (unpaired) electrons. The first kappa shape index (κ1) is 15.8. The molecule has 0 bridgehead atoms. The van der Waals surface area contributed by atoms with Crippen LogP contribution in [0.15, 0.2) is 60.8 Å². The van der Waals surface area contributed by atoms with Gasteiger partial charge in [-0.3, -0.25) is 0 Å². The maximum absolute atomic E-state index is 8.77. The van der Waals surface area contributed by atoms with E-state index >= 15 is 0 Å². The van der Waals surface area contributed by atoms with Crippen molar-refractivity contribution in [2.45, 2.75) is 13.5 Å². The van der Waals surface area contributed by atoms with Crippen LogP contribution in [0.4, 0.5) is 0 Å². The van der Waals surface area contributed by atoms with E-state index in [2.05, 4.69) is 15.1 Å². The summed E-state index contributed by atoms with van der Waals surface area (Å²) in [6.07, 6.45) is 1.65. The maximum Gasteiger partial charge on any atom is 0.156 e. The van der Waals surface area contributed by atoms with Crippen molar-refractivity contribution in [3.05, 3.63) is 77.9 Å². The summed E-state index contributed by atoms with van der Waals surface area (Å²) in [6, 6.07) is 19.3. The van der Waals surface area contributed by atoms with Gasteiger partial charge in [-0.05, 0) is 49.4 Å². The summed E-state index contributed by atoms with van der Waals surface area (Å²) in [4.78, 5) is 8.43. The van der Waals surface area contributed by atoms with Crippen LogP contribution in [-0.4, -0.2) is 19.6 Å². The molecule has 26 heavy (non-hydrogen) atoms. The largest absolute Gasteiger partial charge is 0.489 e. The molecule has 0 aliphatic heterocycles. The van der Waals surface area contributed by atoms with E-state index in [4.69, 9.17) is 10.00 Å². The Bertz CT molecular complexity index is 1090. The van der Waals surface area contributed by atoms with Crippen molar-refractivity contribution in [1.82, 2.24) is 19.6 Å². The van der Waals surface area contributed by atoms with Crippen molar-refractivity contribution in [3.8, 4) is 23.1 Å². The number of pyridine rings is 2. The van der Waals surface area contributed by atoms with Crippen molar-refractivity contribution >= 4 is 5.65 Å². The average Bonchev–Trinajstić information content (AvgIpc) is 3.07. The van der Waals surface area contributed by atoms with Gasteiger partial charge in [0.05, 0.1) is 5.69 Å². The molecule has 0 fully saturated rings. The lowest BCUT2D eigenvalue weighted by Crippen LogP contribution is -1.97. The number of ether oxygens (including phenoxy) is 1. The Balaban J connectivity index is 1.52. The summed E-state index contributed by atoms with van der Waals surface area (Å²) in [5, 5.41) is 13.2. The number of aromatic nitrogens is 4. The third-order valence-corrected chi connectivity index (χ3v) is 3.96. The molecule has 0 spiro atoms. The number of hydrogen-bond acceptors (Lipinski definition) is 5. The average molecular weight is 341 g/mol. The van der Waals surface area contributed by atoms with Gasteiger partial charge < -0.3 is 4.74 Å². The van der Waals surface area contributed by atoms with Gasteiger partial charge >= 0.3 is 0 Å². The lowest BCUT2D eigenvalue weighted by atomic mass is 10.1. The van der Waals surface area contributed by atoms with Crippen LogP contribution < -0.4 is 4.74 Å². The zero-order chi connectivity index (χ0) is 17.9. The highest BCUT2D eigenvalue weighted by Gasteiger charge is 2.07. The fourth-order valence-corrected chi connectivity index (χ4v) is 2.70. The summed E-state index contributed by atoms with van der Waals surface area (Å²) in [5.41, 5.74) is 4.15. The fourth-order valence-electron chi connectivity index (χ4n) is 2.70. The van der Waals surface area contributed by atoms with E-state index in [1.165, 1.54) is 0 Å². The van der Waals surface area contributed by atoms with Gasteiger partial charge in [-0.25, -0.2) is 14.5 Å². The third kappa shape index (κ3) is 3.10. The van der Waals surface area contributed by atoms with Crippen molar-refractivity contribution in [3.63, 3.8) is 0 Å². The second-order valence-corrected chi connectivity index (χ2v) is 5.82. The van der Waals surface area contributed by atoms with Gasteiger partial charge in [0.2, 0.25) is 0 Å². The molecular formula is C20H15N5O. The Morgan fingerprint density at radius 3 is 2.65 bits per heavy atom. The SMILES string of the molecule is Cc1nc2cccc(-c3ccc(OCc4ccc(C#N)nc4)cc3)n2n1. The first-order valence-electron chi connectivity index (χ1n) is 8.13. The third-order valence-electron chi connectivity index (χ3n) is 3.96. The van der Waals surface area contributed by atoms with Gasteiger partial charge in [0, 0.05) is 17.3 Å². The number of benzene rings is 1. The number of aryl methyl sites for hydroxylation is 1. The van der Waals surface area contributed by atoms with Crippen LogP contribution in [0.5, 0.6) is 5.75 Å². The van der Waals surface area contributed by atoms with Gasteiger partial charge in [0.1, 0.15) is 29.9 Å². The van der Waals surface area contributed by atoms with Crippen molar-refractivity contribution in [2.24, 2.45) is 0 Å². The van der Waals surface area contributed by atoms with Crippen LogP contribution >= 0.6 is 0 Å². The summed E-state index contributed by atoms with van der Waals surface area (Å²) in [5.74, 6) is 1.51. The van der Waals surface area contributed by atoms with E-state index in [9.17, 15) is 0 Å². The standard InChI is InChI=1S/C20H15N5O/c1-14-23-20-4-2-3-19(25(20)24-14)16-6-9-18(10-7-16)26-13-15-5-8-17(11-21)22-12-15/h2-10,12H,13H2,1H3. The van der Waals surface area contributed by atoms with E-state index in [0.717, 1.165) is 34.0 Å². The van der Waals surface area contributed by atoms with Crippen LogP contribution in [0.1, 0.15) is 17.1 Å². The van der Waals surface area contributed by atoms with Crippen molar-refractivity contribution in [2.75, 3.05) is 0 Å². The van der Waals surface area contributed by atoms with Gasteiger partial charge in [-0.1, -0.05) is 12.1 Å². The molecule has 0 atom stereocenters. The molecule has 0 aliphatic carbocycles. The molecule has 4 aromatic rings. The summed E-state index contributed by atoms with van der Waals surface area (Å²) in [7, 11) is 0. The normalized spacial score (nSPS) is 10.6. The first-order chi connectivity index (χ1) is 12.7. The summed E-state index contributed by atoms with van der Waals surface area (Å²) in [6.45, 7) is 2.28. The first-order valence-corrected chi connectivity index (χ1v) is 8.13. The lowest BCUT2D eigenvalue weighted by molar-refractivity contribution is 0.306. The quantitative estimate of drug-likeness (QED) is 0.567. The lowest BCUT2D eigenvalue weighted by Gasteiger charge is -2.08. The van der Waals surface area contributed by atoms with Crippen LogP contribution in [0.3, 0.4) is 0 Å². The highest BCUT2D eigenvalue weighted by molar-refractivity contribution is 5.63. The van der Waals surface area contributed by atoms with Crippen molar-refractivity contribution in [1.29, 1.82) is 5.26 Å². The molecule has 3 aromatic heterocycles. The molecule has 6 nitrogen and oxygen atoms in total. The zero-order valence-electron chi connectivity index (χ0n) is 14.1. The van der Waals surface area contributed by atoms with Crippen LogP contribution in [0.2, 0.25) is 0 Å². The van der Waals surface area contributed by atoms with Crippen LogP contribution in [-0.2, 0) is 6.61 Å². The van der Waals surface area contributed by atoms with Crippen molar-refractivity contribution < 1.29 is 4.74 Å². The minimum absolute atomic E-state index is 0.399. The molecule has 126 valence electrons. The van der Waals surface area contributed by atoms with Gasteiger partial charge in [0.25, 0.3) is 0 Å². The van der Waals surface area contributed by atoms with Gasteiger partial charge in [-0.2, -0.15) is 10.4 Å². The maximum atomic E-state index is 8.77. The van der Waals surface area contributed by atoms with Crippen LogP contribution in [0.25, 0.3) is 16.9 Å². The van der Waals surface area contributed by atoms with E-state index < -0.39 is 0 Å². The molecular weight excluding hydrogens is 326 g/mol. The Labute approximate surface area is 150 Å². The fraction of sp³-hybridized carbons (Fsp3) is 0.100. The molecule has 1 aromatic carbocycles. The van der Waals surface area contributed by atoms with Gasteiger partial charge in [0.15, 0.2) is 5.65 Å². The molecule has 3 heterocycles. The molecule has 4 rings (SSSR count). The second-order valence-electron chi connectivity index (χ2n) is 5.82. The molecule has 0 N–H and O–H groups in total. The number of nitriles is 1. The van der Waals surface area contributed by atoms with E-state index in [1.807, 2.05) is 66.0 Å². The highest BCUT2D eigenvalue weighted by atomic mass is 16.5. The smallest absolute Gasteiger partial charge is 0.156 e. The van der Waals surface area contributed by atoms with E-state index in [-0.39, 0.29) is 0 Å². The second kappa shape index (κ2) is 6.65. The number of nitrogens with zero attached hydrogens (tertiary/aromatic N) is 5. The summed E-state index contributed by atoms with van der Waals surface area (Å²) >= 11 is 0. The monoisotopic (exact) mass is 341 g/mol. The minimum atomic E-state index is 0.399. The highest BCUT2D eigenvalue weighted by Crippen LogP contribution is 2.23. The molecule has 0 aliphatic rings. The predicted molar refractivity (Wildman–Crippen MR) is 96.4 cm³/mol. The predicted octanol–water partition coefficient (Wildman–Crippen LogP) is 3.55. The molecule has 0 saturated heterocycles. The van der Waals surface area contributed by atoms with Crippen LogP contribution in [0, 0.1) is 18.3 Å². The Morgan fingerprint density at radius 2 is 1.92 bits per heavy atom. The molecule has 0 saturated carbocycles. The minimum Gasteiger partial charge on any atom is -0.489 e. The Hall–Kier alpha value is -3.72. The number of rotatable bonds is 4. The topological polar surface area (TPSA) is 76.1 Å². The molecule has 0 amide bonds. The Morgan fingerprint density at radius 1 is 1.08 bits per heavy atom. The van der Waals surface area contributed by atoms with Gasteiger partial charge in [-0.15, -0.1) is 0 Å². The summed E-state index contributed by atoms with van der Waals surface area (Å²) < 4.78 is 7.63. The molecule has 0 unspecified atom stereocenters. The van der Waals surface area contributed by atoms with E-state index in [1.54, 1.807) is 12.3 Å². The number of fused-ring (bicyclic) bond motifs is 1. The van der Waals surface area contributed by atoms with E-state index in [0.29, 0.717) is 12.3 Å². The Kier molecular flexibility index (Phi) is 4.04. The zero-order valence-corrected chi connectivity index (χ0v) is 14.1.